The molecule has 1 aliphatic carbocycles. The average Bonchev–Trinajstić information content (AvgIpc) is 2.65. The number of hydrogen-bond donors (Lipinski definition) is 0. The number of hydrogen-bond acceptors (Lipinski definition) is 6. The number of pyridine rings is 1. The molecular weight excluding hydrogens is 352 g/mol. The molecule has 2 aliphatic rings. The van der Waals surface area contributed by atoms with Gasteiger partial charge in [-0.05, 0) is 31.0 Å². The minimum absolute atomic E-state index is 0.0691. The van der Waals surface area contributed by atoms with E-state index < -0.39 is 0 Å². The van der Waals surface area contributed by atoms with Crippen LogP contribution in [0.4, 0.5) is 5.82 Å². The van der Waals surface area contributed by atoms with Gasteiger partial charge in [-0.2, -0.15) is 5.10 Å². The molecule has 5 rings (SSSR count). The minimum Gasteiger partial charge on any atom is -0.356 e. The predicted molar refractivity (Wildman–Crippen MR) is 106 cm³/mol. The summed E-state index contributed by atoms with van der Waals surface area (Å²) >= 11 is 0. The smallest absolute Gasteiger partial charge is 0.266 e. The van der Waals surface area contributed by atoms with E-state index in [2.05, 4.69) is 31.0 Å². The van der Waals surface area contributed by atoms with Gasteiger partial charge in [0.1, 0.15) is 12.1 Å². The SMILES string of the molecule is O=c1ccc(-c2cccnc2)nn1CC1CN(c2cc(C3CCC3)ncn2)C1. The van der Waals surface area contributed by atoms with Gasteiger partial charge in [0.25, 0.3) is 5.56 Å². The molecule has 7 nitrogen and oxygen atoms in total. The van der Waals surface area contributed by atoms with Gasteiger partial charge in [-0.3, -0.25) is 9.78 Å². The molecule has 3 aromatic rings. The van der Waals surface area contributed by atoms with Crippen LogP contribution in [-0.2, 0) is 6.54 Å². The van der Waals surface area contributed by atoms with Gasteiger partial charge in [-0.25, -0.2) is 14.6 Å². The standard InChI is InChI=1S/C21H22N6O/c28-21-7-6-18(17-5-2-8-22-10-17)25-27(21)13-15-11-26(12-15)20-9-19(23-14-24-20)16-3-1-4-16/h2,5-10,14-16H,1,3-4,11-13H2. The second-order valence-corrected chi connectivity index (χ2v) is 7.68. The summed E-state index contributed by atoms with van der Waals surface area (Å²) in [4.78, 5) is 27.5. The third-order valence-corrected chi connectivity index (χ3v) is 5.73. The van der Waals surface area contributed by atoms with E-state index >= 15 is 0 Å². The fraction of sp³-hybridized carbons (Fsp3) is 0.381. The summed E-state index contributed by atoms with van der Waals surface area (Å²) in [5.41, 5.74) is 2.78. The Morgan fingerprint density at radius 2 is 2.00 bits per heavy atom. The van der Waals surface area contributed by atoms with E-state index in [0.29, 0.717) is 18.4 Å². The molecule has 0 amide bonds. The van der Waals surface area contributed by atoms with Crippen LogP contribution in [0.3, 0.4) is 0 Å². The molecule has 0 aromatic carbocycles. The van der Waals surface area contributed by atoms with Gasteiger partial charge >= 0.3 is 0 Å². The molecule has 1 saturated heterocycles. The van der Waals surface area contributed by atoms with Crippen LogP contribution >= 0.6 is 0 Å². The summed E-state index contributed by atoms with van der Waals surface area (Å²) in [6.45, 7) is 2.38. The second-order valence-electron chi connectivity index (χ2n) is 7.68. The molecule has 142 valence electrons. The van der Waals surface area contributed by atoms with Crippen molar-refractivity contribution >= 4 is 5.82 Å². The van der Waals surface area contributed by atoms with E-state index in [-0.39, 0.29) is 5.56 Å². The summed E-state index contributed by atoms with van der Waals surface area (Å²) in [5.74, 6) is 1.99. The normalized spacial score (nSPS) is 17.2. The first kappa shape index (κ1) is 17.0. The zero-order chi connectivity index (χ0) is 18.9. The largest absolute Gasteiger partial charge is 0.356 e. The van der Waals surface area contributed by atoms with Gasteiger partial charge in [0.15, 0.2) is 0 Å². The minimum atomic E-state index is -0.0691. The van der Waals surface area contributed by atoms with E-state index in [1.165, 1.54) is 25.0 Å². The van der Waals surface area contributed by atoms with Crippen LogP contribution in [-0.4, -0.2) is 37.8 Å². The fourth-order valence-corrected chi connectivity index (χ4v) is 3.83. The van der Waals surface area contributed by atoms with Crippen molar-refractivity contribution < 1.29 is 0 Å². The lowest BCUT2D eigenvalue weighted by atomic mass is 9.83. The average molecular weight is 374 g/mol. The number of anilines is 1. The van der Waals surface area contributed by atoms with Crippen LogP contribution in [0.2, 0.25) is 0 Å². The summed E-state index contributed by atoms with van der Waals surface area (Å²) in [5, 5.41) is 4.54. The van der Waals surface area contributed by atoms with Crippen molar-refractivity contribution in [3.05, 3.63) is 65.1 Å². The summed E-state index contributed by atoms with van der Waals surface area (Å²) < 4.78 is 1.57. The lowest BCUT2D eigenvalue weighted by Crippen LogP contribution is -2.50. The predicted octanol–water partition coefficient (Wildman–Crippen LogP) is 2.50. The molecule has 0 N–H and O–H groups in total. The first-order chi connectivity index (χ1) is 13.8. The number of rotatable bonds is 5. The molecule has 2 fully saturated rings. The van der Waals surface area contributed by atoms with Crippen LogP contribution in [0.5, 0.6) is 0 Å². The molecule has 1 saturated carbocycles. The Labute approximate surface area is 163 Å². The summed E-state index contributed by atoms with van der Waals surface area (Å²) in [6, 6.07) is 9.29. The van der Waals surface area contributed by atoms with Gasteiger partial charge in [0.2, 0.25) is 0 Å². The monoisotopic (exact) mass is 374 g/mol. The van der Waals surface area contributed by atoms with Crippen molar-refractivity contribution in [3.63, 3.8) is 0 Å². The van der Waals surface area contributed by atoms with Gasteiger partial charge in [-0.1, -0.05) is 6.42 Å². The molecule has 28 heavy (non-hydrogen) atoms. The van der Waals surface area contributed by atoms with Crippen LogP contribution in [0, 0.1) is 5.92 Å². The Bertz CT molecular complexity index is 1020. The lowest BCUT2D eigenvalue weighted by molar-refractivity contribution is 0.333. The van der Waals surface area contributed by atoms with Crippen molar-refractivity contribution in [1.29, 1.82) is 0 Å². The van der Waals surface area contributed by atoms with E-state index in [4.69, 9.17) is 0 Å². The third kappa shape index (κ3) is 3.28. The molecule has 0 radical (unpaired) electrons. The van der Waals surface area contributed by atoms with Gasteiger partial charge in [0.05, 0.1) is 12.2 Å². The van der Waals surface area contributed by atoms with Crippen LogP contribution in [0.15, 0.2) is 53.8 Å². The lowest BCUT2D eigenvalue weighted by Gasteiger charge is -2.40. The quantitative estimate of drug-likeness (QED) is 0.683. The molecule has 4 heterocycles. The maximum Gasteiger partial charge on any atom is 0.266 e. The zero-order valence-electron chi connectivity index (χ0n) is 15.6. The first-order valence-electron chi connectivity index (χ1n) is 9.82. The van der Waals surface area contributed by atoms with E-state index in [1.807, 2.05) is 12.1 Å². The first-order valence-corrected chi connectivity index (χ1v) is 9.82. The highest BCUT2D eigenvalue weighted by atomic mass is 16.1. The van der Waals surface area contributed by atoms with Crippen molar-refractivity contribution in [2.45, 2.75) is 31.7 Å². The Balaban J connectivity index is 1.26. The molecule has 0 spiro atoms. The highest BCUT2D eigenvalue weighted by Gasteiger charge is 2.30. The van der Waals surface area contributed by atoms with Crippen molar-refractivity contribution in [1.82, 2.24) is 24.7 Å². The molecule has 0 unspecified atom stereocenters. The molecule has 7 heteroatoms. The molecule has 3 aromatic heterocycles. The van der Waals surface area contributed by atoms with E-state index in [0.717, 1.165) is 30.2 Å². The van der Waals surface area contributed by atoms with Crippen molar-refractivity contribution in [2.75, 3.05) is 18.0 Å². The third-order valence-electron chi connectivity index (χ3n) is 5.73. The van der Waals surface area contributed by atoms with Crippen LogP contribution in [0.1, 0.15) is 30.9 Å². The van der Waals surface area contributed by atoms with E-state index in [1.54, 1.807) is 35.5 Å². The fourth-order valence-electron chi connectivity index (χ4n) is 3.83. The maximum absolute atomic E-state index is 12.2. The van der Waals surface area contributed by atoms with Gasteiger partial charge in [0, 0.05) is 60.7 Å². The summed E-state index contributed by atoms with van der Waals surface area (Å²) in [7, 11) is 0. The summed E-state index contributed by atoms with van der Waals surface area (Å²) in [6.07, 6.45) is 8.94. The highest BCUT2D eigenvalue weighted by Crippen LogP contribution is 2.36. The maximum atomic E-state index is 12.2. The Morgan fingerprint density at radius 1 is 1.11 bits per heavy atom. The molecular formula is C21H22N6O. The zero-order valence-corrected chi connectivity index (χ0v) is 15.6. The Morgan fingerprint density at radius 3 is 2.75 bits per heavy atom. The van der Waals surface area contributed by atoms with Gasteiger partial charge in [-0.15, -0.1) is 0 Å². The van der Waals surface area contributed by atoms with Crippen molar-refractivity contribution in [3.8, 4) is 11.3 Å². The van der Waals surface area contributed by atoms with Crippen LogP contribution in [0.25, 0.3) is 11.3 Å². The molecule has 0 atom stereocenters. The van der Waals surface area contributed by atoms with E-state index in [9.17, 15) is 4.79 Å². The molecule has 1 aliphatic heterocycles. The van der Waals surface area contributed by atoms with Crippen molar-refractivity contribution in [2.24, 2.45) is 5.92 Å². The highest BCUT2D eigenvalue weighted by molar-refractivity contribution is 5.56. The second kappa shape index (κ2) is 7.14. The Kier molecular flexibility index (Phi) is 4.35. The molecule has 0 bridgehead atoms. The number of aromatic nitrogens is 5. The van der Waals surface area contributed by atoms with Crippen LogP contribution < -0.4 is 10.5 Å². The van der Waals surface area contributed by atoms with Gasteiger partial charge < -0.3 is 4.90 Å². The Hall–Kier alpha value is -3.09. The number of nitrogens with zero attached hydrogens (tertiary/aromatic N) is 6. The topological polar surface area (TPSA) is 76.8 Å².